The summed E-state index contributed by atoms with van der Waals surface area (Å²) in [4.78, 5) is 30.4. The average Bonchev–Trinajstić information content (AvgIpc) is 3.42. The number of halogens is 3. The zero-order valence-electron chi connectivity index (χ0n) is 21.6. The molecule has 0 saturated heterocycles. The molecule has 2 aromatic rings. The quantitative estimate of drug-likeness (QED) is 0.267. The molecule has 214 valence electrons. The van der Waals surface area contributed by atoms with Crippen molar-refractivity contribution in [3.8, 4) is 11.5 Å². The molecule has 0 bridgehead atoms. The van der Waals surface area contributed by atoms with Crippen LogP contribution in [0.4, 0.5) is 24.5 Å². The predicted molar refractivity (Wildman–Crippen MR) is 139 cm³/mol. The van der Waals surface area contributed by atoms with Crippen LogP contribution in [0, 0.1) is 0 Å². The second-order valence-electron chi connectivity index (χ2n) is 9.04. The van der Waals surface area contributed by atoms with E-state index in [4.69, 9.17) is 9.90 Å². The number of phenolic OH excluding ortho intramolecular Hbond substituents is 2. The molecule has 2 aliphatic rings. The Morgan fingerprint density at radius 1 is 0.821 bits per heavy atom. The Kier molecular flexibility index (Phi) is 11.2. The predicted octanol–water partition coefficient (Wildman–Crippen LogP) is 3.49. The fourth-order valence-corrected chi connectivity index (χ4v) is 4.14. The maximum absolute atomic E-state index is 10.8. The Bertz CT molecular complexity index is 1080. The first-order valence-electron chi connectivity index (χ1n) is 12.2. The van der Waals surface area contributed by atoms with Crippen molar-refractivity contribution in [3.63, 3.8) is 0 Å². The van der Waals surface area contributed by atoms with Crippen LogP contribution in [0.15, 0.2) is 36.4 Å². The van der Waals surface area contributed by atoms with Crippen LogP contribution in [-0.2, 0) is 14.4 Å². The van der Waals surface area contributed by atoms with Gasteiger partial charge in [0, 0.05) is 63.2 Å². The molecule has 0 aromatic heterocycles. The summed E-state index contributed by atoms with van der Waals surface area (Å²) in [5, 5.41) is 38.1. The smallest absolute Gasteiger partial charge is 0.490 e. The van der Waals surface area contributed by atoms with Crippen LogP contribution in [0.2, 0.25) is 0 Å². The highest BCUT2D eigenvalue weighted by Crippen LogP contribution is 2.36. The first-order valence-corrected chi connectivity index (χ1v) is 12.2. The maximum atomic E-state index is 10.8. The van der Waals surface area contributed by atoms with Crippen molar-refractivity contribution in [2.24, 2.45) is 0 Å². The molecular weight excluding hydrogens is 521 g/mol. The number of phenols is 2. The highest BCUT2D eigenvalue weighted by Gasteiger charge is 2.38. The number of anilines is 2. The SMILES string of the molecule is CC(=O)NCCC1CNc2ccc(O)cc21.CC(=O)NCCC1CNc2ccc(O)cc21.O=C(O)C(F)(F)F. The number of hydrogen-bond acceptors (Lipinski definition) is 7. The van der Waals surface area contributed by atoms with E-state index < -0.39 is 12.1 Å². The van der Waals surface area contributed by atoms with E-state index in [9.17, 15) is 33.0 Å². The number of carboxylic acid groups (broad SMARTS) is 1. The number of aromatic hydroxyl groups is 2. The summed E-state index contributed by atoms with van der Waals surface area (Å²) in [6.07, 6.45) is -3.30. The molecule has 0 aliphatic carbocycles. The molecule has 2 aliphatic heterocycles. The minimum Gasteiger partial charge on any atom is -0.508 e. The fourth-order valence-electron chi connectivity index (χ4n) is 4.14. The van der Waals surface area contributed by atoms with Crippen molar-refractivity contribution in [2.75, 3.05) is 36.8 Å². The zero-order valence-corrected chi connectivity index (χ0v) is 21.6. The summed E-state index contributed by atoms with van der Waals surface area (Å²) >= 11 is 0. The molecule has 13 heteroatoms. The minimum atomic E-state index is -5.08. The van der Waals surface area contributed by atoms with Crippen LogP contribution in [0.25, 0.3) is 0 Å². The average molecular weight is 555 g/mol. The lowest BCUT2D eigenvalue weighted by Crippen LogP contribution is -2.22. The number of rotatable bonds is 6. The number of carbonyl (C=O) groups is 3. The van der Waals surface area contributed by atoms with E-state index in [0.717, 1.165) is 48.4 Å². The van der Waals surface area contributed by atoms with E-state index in [1.807, 2.05) is 12.1 Å². The number of carboxylic acids is 1. The Balaban J connectivity index is 0.000000222. The third-order valence-electron chi connectivity index (χ3n) is 6.00. The van der Waals surface area contributed by atoms with Gasteiger partial charge >= 0.3 is 12.1 Å². The standard InChI is InChI=1S/2C12H16N2O2.C2HF3O2/c2*1-8(15)13-5-4-9-7-14-12-3-2-10(16)6-11(9)12;3-2(4,5)1(6)7/h2*2-3,6,9,14,16H,4-5,7H2,1H3,(H,13,15);(H,6,7). The molecule has 10 nitrogen and oxygen atoms in total. The molecule has 2 atom stereocenters. The van der Waals surface area contributed by atoms with E-state index in [-0.39, 0.29) is 11.8 Å². The molecule has 0 saturated carbocycles. The number of alkyl halides is 3. The minimum absolute atomic E-state index is 0.00193. The van der Waals surface area contributed by atoms with Crippen molar-refractivity contribution >= 4 is 29.2 Å². The second-order valence-corrected chi connectivity index (χ2v) is 9.04. The van der Waals surface area contributed by atoms with Crippen LogP contribution in [0.5, 0.6) is 11.5 Å². The van der Waals surface area contributed by atoms with Crippen molar-refractivity contribution < 1.29 is 42.9 Å². The summed E-state index contributed by atoms with van der Waals surface area (Å²) in [5.41, 5.74) is 4.46. The van der Waals surface area contributed by atoms with Gasteiger partial charge in [0.1, 0.15) is 11.5 Å². The van der Waals surface area contributed by atoms with E-state index in [2.05, 4.69) is 21.3 Å². The molecule has 2 heterocycles. The Hall–Kier alpha value is -4.16. The third-order valence-corrected chi connectivity index (χ3v) is 6.00. The van der Waals surface area contributed by atoms with Gasteiger partial charge < -0.3 is 36.6 Å². The van der Waals surface area contributed by atoms with Crippen LogP contribution in [0.3, 0.4) is 0 Å². The monoisotopic (exact) mass is 554 g/mol. The number of aliphatic carboxylic acids is 1. The largest absolute Gasteiger partial charge is 0.508 e. The second kappa shape index (κ2) is 14.1. The lowest BCUT2D eigenvalue weighted by atomic mass is 9.98. The van der Waals surface area contributed by atoms with Crippen molar-refractivity contribution in [2.45, 2.75) is 44.7 Å². The molecule has 2 amide bonds. The molecule has 0 fully saturated rings. The highest BCUT2D eigenvalue weighted by atomic mass is 19.4. The lowest BCUT2D eigenvalue weighted by molar-refractivity contribution is -0.192. The first kappa shape index (κ1) is 31.1. The van der Waals surface area contributed by atoms with Gasteiger partial charge in [0.2, 0.25) is 11.8 Å². The first-order chi connectivity index (χ1) is 18.3. The Labute approximate surface area is 223 Å². The summed E-state index contributed by atoms with van der Waals surface area (Å²) in [6.45, 7) is 6.14. The zero-order chi connectivity index (χ0) is 29.2. The van der Waals surface area contributed by atoms with Gasteiger partial charge in [-0.25, -0.2) is 4.79 Å². The number of amides is 2. The molecule has 0 radical (unpaired) electrons. The van der Waals surface area contributed by atoms with Crippen molar-refractivity contribution in [1.82, 2.24) is 10.6 Å². The molecule has 0 spiro atoms. The van der Waals surface area contributed by atoms with Gasteiger partial charge in [0.25, 0.3) is 0 Å². The van der Waals surface area contributed by atoms with Gasteiger partial charge in [-0.15, -0.1) is 0 Å². The Morgan fingerprint density at radius 2 is 1.18 bits per heavy atom. The van der Waals surface area contributed by atoms with E-state index in [1.165, 1.54) is 13.8 Å². The van der Waals surface area contributed by atoms with Crippen LogP contribution in [0.1, 0.15) is 49.7 Å². The lowest BCUT2D eigenvalue weighted by Gasteiger charge is -2.10. The molecule has 39 heavy (non-hydrogen) atoms. The van der Waals surface area contributed by atoms with Gasteiger partial charge in [-0.3, -0.25) is 9.59 Å². The summed E-state index contributed by atoms with van der Waals surface area (Å²) in [7, 11) is 0. The van der Waals surface area contributed by atoms with E-state index in [1.54, 1.807) is 24.3 Å². The van der Waals surface area contributed by atoms with Gasteiger partial charge in [-0.1, -0.05) is 0 Å². The maximum Gasteiger partial charge on any atom is 0.490 e. The van der Waals surface area contributed by atoms with Gasteiger partial charge in [-0.05, 0) is 60.4 Å². The van der Waals surface area contributed by atoms with Crippen molar-refractivity contribution in [3.05, 3.63) is 47.5 Å². The molecule has 4 rings (SSSR count). The number of carbonyl (C=O) groups excluding carboxylic acids is 2. The number of nitrogens with one attached hydrogen (secondary N) is 4. The van der Waals surface area contributed by atoms with Crippen LogP contribution < -0.4 is 21.3 Å². The van der Waals surface area contributed by atoms with Gasteiger partial charge in [0.05, 0.1) is 0 Å². The Morgan fingerprint density at radius 3 is 1.49 bits per heavy atom. The van der Waals surface area contributed by atoms with Crippen LogP contribution >= 0.6 is 0 Å². The molecule has 7 N–H and O–H groups in total. The van der Waals surface area contributed by atoms with E-state index in [0.29, 0.717) is 36.4 Å². The van der Waals surface area contributed by atoms with Crippen LogP contribution in [-0.4, -0.2) is 65.5 Å². The highest BCUT2D eigenvalue weighted by molar-refractivity contribution is 5.73. The fraction of sp³-hybridized carbons (Fsp3) is 0.423. The molecular formula is C26H33F3N4O6. The molecule has 2 aromatic carbocycles. The topological polar surface area (TPSA) is 160 Å². The summed E-state index contributed by atoms with van der Waals surface area (Å²) < 4.78 is 31.7. The number of benzene rings is 2. The van der Waals surface area contributed by atoms with E-state index >= 15 is 0 Å². The summed E-state index contributed by atoms with van der Waals surface area (Å²) in [5.74, 6) is -1.42. The number of hydrogen-bond donors (Lipinski definition) is 7. The van der Waals surface area contributed by atoms with Crippen molar-refractivity contribution in [1.29, 1.82) is 0 Å². The molecule has 2 unspecified atom stereocenters. The van der Waals surface area contributed by atoms with Gasteiger partial charge in [-0.2, -0.15) is 13.2 Å². The summed E-state index contributed by atoms with van der Waals surface area (Å²) in [6, 6.07) is 10.7. The normalized spacial score (nSPS) is 16.5. The van der Waals surface area contributed by atoms with Gasteiger partial charge in [0.15, 0.2) is 0 Å². The number of fused-ring (bicyclic) bond motifs is 2. The third kappa shape index (κ3) is 10.3.